The minimum atomic E-state index is -0.665. The summed E-state index contributed by atoms with van der Waals surface area (Å²) in [6.45, 7) is -0.283. The number of halogens is 1. The highest BCUT2D eigenvalue weighted by atomic mass is 35.5. The highest BCUT2D eigenvalue weighted by molar-refractivity contribution is 6.19. The molecule has 0 fully saturated rings. The molecule has 0 heterocycles. The van der Waals surface area contributed by atoms with Crippen LogP contribution in [-0.4, -0.2) is 31.2 Å². The Bertz CT molecular complexity index is 60.5. The Morgan fingerprint density at radius 1 is 1.67 bits per heavy atom. The van der Waals surface area contributed by atoms with Crippen molar-refractivity contribution in [1.82, 2.24) is 0 Å². The lowest BCUT2D eigenvalue weighted by Crippen LogP contribution is -2.12. The van der Waals surface area contributed by atoms with E-state index in [9.17, 15) is 0 Å². The Balaban J connectivity index is 2.95. The molecule has 0 aromatic heterocycles. The van der Waals surface area contributed by atoms with Gasteiger partial charge in [0.1, 0.15) is 0 Å². The second-order valence-electron chi connectivity index (χ2n) is 1.21. The normalized spacial score (nSPS) is 13.7. The van der Waals surface area contributed by atoms with E-state index in [4.69, 9.17) is 16.7 Å². The number of hydrogen-bond donors (Lipinski definition) is 1. The van der Waals surface area contributed by atoms with Gasteiger partial charge in [-0.15, -0.1) is 0 Å². The lowest BCUT2D eigenvalue weighted by Gasteiger charge is -2.05. The van der Waals surface area contributed by atoms with E-state index in [-0.39, 0.29) is 6.61 Å². The molecule has 5 heteroatoms. The van der Waals surface area contributed by atoms with Gasteiger partial charge in [0.15, 0.2) is 12.4 Å². The lowest BCUT2D eigenvalue weighted by atomic mass is 10.8. The largest absolute Gasteiger partial charge is 0.381 e. The first-order valence-electron chi connectivity index (χ1n) is 2.33. The molecule has 0 aromatic carbocycles. The van der Waals surface area contributed by atoms with Crippen LogP contribution in [0.1, 0.15) is 0 Å². The minimum absolute atomic E-state index is 0.224. The van der Waals surface area contributed by atoms with Crippen molar-refractivity contribution < 1.29 is 19.6 Å². The van der Waals surface area contributed by atoms with Gasteiger partial charge in [-0.3, -0.25) is 0 Å². The molecule has 0 saturated heterocycles. The second-order valence-corrected chi connectivity index (χ2v) is 1.70. The van der Waals surface area contributed by atoms with Crippen LogP contribution in [0.4, 0.5) is 0 Å². The maximum absolute atomic E-state index is 8.04. The Morgan fingerprint density at radius 2 is 2.33 bits per heavy atom. The van der Waals surface area contributed by atoms with Gasteiger partial charge in [0, 0.05) is 7.11 Å². The zero-order valence-corrected chi connectivity index (χ0v) is 5.80. The number of rotatable bonds is 5. The summed E-state index contributed by atoms with van der Waals surface area (Å²) in [5, 5.41) is 8.04. The molecular formula is C4H9ClO4. The topological polar surface area (TPSA) is 47.9 Å². The molecule has 0 bridgehead atoms. The zero-order valence-electron chi connectivity index (χ0n) is 5.04. The molecule has 4 nitrogen and oxygen atoms in total. The van der Waals surface area contributed by atoms with Gasteiger partial charge < -0.3 is 9.84 Å². The molecule has 0 aliphatic carbocycles. The molecule has 0 aromatic rings. The maximum atomic E-state index is 8.04. The van der Waals surface area contributed by atoms with Crippen LogP contribution < -0.4 is 0 Å². The van der Waals surface area contributed by atoms with Crippen molar-refractivity contribution >= 4 is 11.6 Å². The summed E-state index contributed by atoms with van der Waals surface area (Å²) in [7, 11) is 1.48. The predicted octanol–water partition coefficient (Wildman–Crippen LogP) is 0.0957. The van der Waals surface area contributed by atoms with Gasteiger partial charge in [-0.2, -0.15) is 0 Å². The van der Waals surface area contributed by atoms with Crippen molar-refractivity contribution in [2.24, 2.45) is 0 Å². The SMILES string of the molecule is COCC(Cl)OOCO. The smallest absolute Gasteiger partial charge is 0.189 e. The van der Waals surface area contributed by atoms with Crippen molar-refractivity contribution in [2.45, 2.75) is 5.56 Å². The summed E-state index contributed by atoms with van der Waals surface area (Å²) in [5.74, 6) is 0. The molecule has 56 valence electrons. The van der Waals surface area contributed by atoms with Crippen LogP contribution in [0.15, 0.2) is 0 Å². The fraction of sp³-hybridized carbons (Fsp3) is 1.00. The number of aliphatic hydroxyl groups excluding tert-OH is 1. The van der Waals surface area contributed by atoms with Crippen molar-refractivity contribution in [3.05, 3.63) is 0 Å². The van der Waals surface area contributed by atoms with Gasteiger partial charge in [-0.25, -0.2) is 9.78 Å². The molecule has 0 radical (unpaired) electrons. The summed E-state index contributed by atoms with van der Waals surface area (Å²) in [6, 6.07) is 0. The quantitative estimate of drug-likeness (QED) is 0.265. The number of hydrogen-bond acceptors (Lipinski definition) is 4. The Kier molecular flexibility index (Phi) is 6.34. The summed E-state index contributed by atoms with van der Waals surface area (Å²) in [5.41, 5.74) is -0.665. The maximum Gasteiger partial charge on any atom is 0.189 e. The molecule has 9 heavy (non-hydrogen) atoms. The molecule has 1 N–H and O–H groups in total. The minimum Gasteiger partial charge on any atom is -0.381 e. The van der Waals surface area contributed by atoms with Gasteiger partial charge in [0.25, 0.3) is 0 Å². The first-order valence-corrected chi connectivity index (χ1v) is 2.77. The fourth-order valence-electron chi connectivity index (χ4n) is 0.263. The molecule has 0 amide bonds. The van der Waals surface area contributed by atoms with E-state index >= 15 is 0 Å². The van der Waals surface area contributed by atoms with E-state index < -0.39 is 12.4 Å². The summed E-state index contributed by atoms with van der Waals surface area (Å²) in [6.07, 6.45) is 0. The number of methoxy groups -OCH3 is 1. The van der Waals surface area contributed by atoms with Crippen LogP contribution in [0.25, 0.3) is 0 Å². The van der Waals surface area contributed by atoms with Crippen molar-refractivity contribution in [2.75, 3.05) is 20.5 Å². The Hall–Kier alpha value is 0.130. The highest BCUT2D eigenvalue weighted by Crippen LogP contribution is 1.97. The van der Waals surface area contributed by atoms with Gasteiger partial charge in [0.05, 0.1) is 6.61 Å². The standard InChI is InChI=1S/C4H9ClO4/c1-7-2-4(5)9-8-3-6/h4,6H,2-3H2,1H3. The first kappa shape index (κ1) is 9.13. The summed E-state index contributed by atoms with van der Waals surface area (Å²) in [4.78, 5) is 8.41. The van der Waals surface area contributed by atoms with E-state index in [0.717, 1.165) is 0 Å². The van der Waals surface area contributed by atoms with Crippen LogP contribution in [0.2, 0.25) is 0 Å². The van der Waals surface area contributed by atoms with Crippen molar-refractivity contribution in [3.8, 4) is 0 Å². The number of ether oxygens (including phenoxy) is 1. The molecule has 0 aliphatic heterocycles. The Morgan fingerprint density at radius 3 is 2.78 bits per heavy atom. The van der Waals surface area contributed by atoms with Gasteiger partial charge >= 0.3 is 0 Å². The van der Waals surface area contributed by atoms with E-state index in [2.05, 4.69) is 14.5 Å². The predicted molar refractivity (Wildman–Crippen MR) is 30.8 cm³/mol. The summed E-state index contributed by atoms with van der Waals surface area (Å²) < 4.78 is 4.58. The molecule has 0 aliphatic rings. The van der Waals surface area contributed by atoms with Crippen LogP contribution in [-0.2, 0) is 14.5 Å². The van der Waals surface area contributed by atoms with E-state index in [1.807, 2.05) is 0 Å². The molecule has 0 spiro atoms. The molecular weight excluding hydrogens is 147 g/mol. The van der Waals surface area contributed by atoms with Crippen LogP contribution in [0.3, 0.4) is 0 Å². The highest BCUT2D eigenvalue weighted by Gasteiger charge is 2.02. The van der Waals surface area contributed by atoms with Crippen LogP contribution in [0.5, 0.6) is 0 Å². The zero-order chi connectivity index (χ0) is 7.11. The van der Waals surface area contributed by atoms with Crippen molar-refractivity contribution in [1.29, 1.82) is 0 Å². The van der Waals surface area contributed by atoms with E-state index in [1.165, 1.54) is 7.11 Å². The van der Waals surface area contributed by atoms with E-state index in [0.29, 0.717) is 0 Å². The van der Waals surface area contributed by atoms with Crippen molar-refractivity contribution in [3.63, 3.8) is 0 Å². The van der Waals surface area contributed by atoms with Gasteiger partial charge in [-0.05, 0) is 0 Å². The third kappa shape index (κ3) is 6.01. The third-order valence-electron chi connectivity index (χ3n) is 0.523. The monoisotopic (exact) mass is 156 g/mol. The number of alkyl halides is 1. The average Bonchev–Trinajstić information content (AvgIpc) is 1.85. The first-order chi connectivity index (χ1) is 4.31. The number of aliphatic hydroxyl groups is 1. The summed E-state index contributed by atoms with van der Waals surface area (Å²) >= 11 is 5.38. The van der Waals surface area contributed by atoms with Crippen LogP contribution >= 0.6 is 11.6 Å². The average molecular weight is 157 g/mol. The Labute approximate surface area is 58.2 Å². The fourth-order valence-corrected chi connectivity index (χ4v) is 0.440. The molecule has 1 atom stereocenters. The third-order valence-corrected chi connectivity index (χ3v) is 0.722. The lowest BCUT2D eigenvalue weighted by molar-refractivity contribution is -0.342. The van der Waals surface area contributed by atoms with E-state index in [1.54, 1.807) is 0 Å². The van der Waals surface area contributed by atoms with Gasteiger partial charge in [-0.1, -0.05) is 11.6 Å². The molecule has 0 saturated carbocycles. The molecule has 1 unspecified atom stereocenters. The second kappa shape index (κ2) is 6.25. The van der Waals surface area contributed by atoms with Crippen LogP contribution in [0, 0.1) is 0 Å². The van der Waals surface area contributed by atoms with Gasteiger partial charge in [0.2, 0.25) is 0 Å². The molecule has 0 rings (SSSR count).